The number of hydrogen-bond donors (Lipinski definition) is 0. The molecule has 0 amide bonds. The fourth-order valence-electron chi connectivity index (χ4n) is 1.27. The Morgan fingerprint density at radius 3 is 2.73 bits per heavy atom. The maximum Gasteiger partial charge on any atom is 0.399 e. The average molecular weight is 270 g/mol. The molecule has 0 heterocycles. The number of nitrogens with zero attached hydrogens (tertiary/aromatic N) is 2. The summed E-state index contributed by atoms with van der Waals surface area (Å²) in [7, 11) is 1.32. The van der Waals surface area contributed by atoms with Crippen molar-refractivity contribution in [3.8, 4) is 0 Å². The van der Waals surface area contributed by atoms with Crippen LogP contribution >= 0.6 is 15.9 Å². The number of rotatable bonds is 2. The molecule has 0 N–H and O–H groups in total. The molecule has 0 radical (unpaired) electrons. The van der Waals surface area contributed by atoms with Gasteiger partial charge in [0.15, 0.2) is 4.98 Å². The third kappa shape index (κ3) is 2.34. The lowest BCUT2D eigenvalue weighted by molar-refractivity contribution is 0.0599. The van der Waals surface area contributed by atoms with Gasteiger partial charge in [-0.05, 0) is 34.0 Å². The molecule has 1 rings (SSSR count). The van der Waals surface area contributed by atoms with E-state index < -0.39 is 5.97 Å². The van der Waals surface area contributed by atoms with Crippen LogP contribution in [-0.4, -0.2) is 13.1 Å². The molecule has 1 aromatic carbocycles. The first-order chi connectivity index (χ1) is 7.13. The molecule has 0 aliphatic rings. The van der Waals surface area contributed by atoms with E-state index in [0.717, 1.165) is 5.56 Å². The summed E-state index contributed by atoms with van der Waals surface area (Å²) in [5.74, 6) is -0.427. The Balaban J connectivity index is 3.36. The Labute approximate surface area is 96.0 Å². The van der Waals surface area contributed by atoms with E-state index in [2.05, 4.69) is 25.6 Å². The van der Waals surface area contributed by atoms with Crippen LogP contribution in [0.3, 0.4) is 0 Å². The van der Waals surface area contributed by atoms with Crippen LogP contribution in [0.1, 0.15) is 22.8 Å². The Hall–Kier alpha value is -1.41. The summed E-state index contributed by atoms with van der Waals surface area (Å²) < 4.78 is 5.29. The average Bonchev–Trinajstić information content (AvgIpc) is 2.27. The maximum absolute atomic E-state index is 11.4. The zero-order chi connectivity index (χ0) is 11.4. The summed E-state index contributed by atoms with van der Waals surface area (Å²) in [6.45, 7) is 1.93. The van der Waals surface area contributed by atoms with Crippen molar-refractivity contribution in [1.29, 1.82) is 5.39 Å². The first kappa shape index (κ1) is 11.7. The SMILES string of the molecule is CCc1cc(Br)c([N+]#N)cc1C(=O)OC. The summed E-state index contributed by atoms with van der Waals surface area (Å²) in [6, 6.07) is 3.25. The predicted octanol–water partition coefficient (Wildman–Crippen LogP) is 3.28. The number of diazo groups is 1. The summed E-state index contributed by atoms with van der Waals surface area (Å²) >= 11 is 3.25. The number of benzene rings is 1. The van der Waals surface area contributed by atoms with Gasteiger partial charge in [-0.2, -0.15) is 0 Å². The molecule has 0 saturated carbocycles. The highest BCUT2D eigenvalue weighted by Gasteiger charge is 2.20. The molecule has 15 heavy (non-hydrogen) atoms. The number of ether oxygens (including phenoxy) is 1. The van der Waals surface area contributed by atoms with Crippen LogP contribution in [0.5, 0.6) is 0 Å². The van der Waals surface area contributed by atoms with Crippen molar-refractivity contribution < 1.29 is 9.53 Å². The molecular formula is C10H10BrN2O2+. The molecule has 0 aromatic heterocycles. The predicted molar refractivity (Wildman–Crippen MR) is 59.6 cm³/mol. The monoisotopic (exact) mass is 269 g/mol. The van der Waals surface area contributed by atoms with E-state index in [1.807, 2.05) is 6.92 Å². The van der Waals surface area contributed by atoms with Gasteiger partial charge in [-0.25, -0.2) is 4.79 Å². The highest BCUT2D eigenvalue weighted by atomic mass is 79.9. The van der Waals surface area contributed by atoms with Crippen LogP contribution in [0.25, 0.3) is 4.98 Å². The van der Waals surface area contributed by atoms with Crippen molar-refractivity contribution in [2.75, 3.05) is 7.11 Å². The Morgan fingerprint density at radius 2 is 2.27 bits per heavy atom. The van der Waals surface area contributed by atoms with Crippen LogP contribution in [0.4, 0.5) is 5.69 Å². The van der Waals surface area contributed by atoms with Gasteiger partial charge in [0.2, 0.25) is 5.39 Å². The molecule has 0 aliphatic carbocycles. The normalized spacial score (nSPS) is 9.47. The summed E-state index contributed by atoms with van der Waals surface area (Å²) in [4.78, 5) is 14.5. The second-order valence-corrected chi connectivity index (χ2v) is 3.76. The van der Waals surface area contributed by atoms with Crippen molar-refractivity contribution >= 4 is 27.6 Å². The van der Waals surface area contributed by atoms with Gasteiger partial charge in [-0.1, -0.05) is 6.92 Å². The molecule has 0 fully saturated rings. The van der Waals surface area contributed by atoms with Gasteiger partial charge in [0, 0.05) is 6.07 Å². The highest BCUT2D eigenvalue weighted by Crippen LogP contribution is 2.29. The second kappa shape index (κ2) is 4.89. The first-order valence-corrected chi connectivity index (χ1v) is 5.19. The Bertz CT molecular complexity index is 438. The number of carbonyl (C=O) groups is 1. The summed E-state index contributed by atoms with van der Waals surface area (Å²) in [6.07, 6.45) is 0.703. The minimum Gasteiger partial charge on any atom is -0.465 e. The number of aryl methyl sites for hydroxylation is 1. The number of halogens is 1. The molecule has 0 saturated heterocycles. The molecule has 0 bridgehead atoms. The van der Waals surface area contributed by atoms with Crippen molar-refractivity contribution in [1.82, 2.24) is 0 Å². The third-order valence-corrected chi connectivity index (χ3v) is 2.70. The van der Waals surface area contributed by atoms with Crippen molar-refractivity contribution in [3.63, 3.8) is 0 Å². The molecule has 0 aliphatic heterocycles. The van der Waals surface area contributed by atoms with Crippen molar-refractivity contribution in [2.24, 2.45) is 0 Å². The smallest absolute Gasteiger partial charge is 0.399 e. The van der Waals surface area contributed by atoms with Crippen LogP contribution in [-0.2, 0) is 11.2 Å². The van der Waals surface area contributed by atoms with Crippen LogP contribution in [0, 0.1) is 5.39 Å². The largest absolute Gasteiger partial charge is 0.465 e. The number of carbonyl (C=O) groups excluding carboxylic acids is 1. The third-order valence-electron chi connectivity index (χ3n) is 2.07. The van der Waals surface area contributed by atoms with Crippen LogP contribution in [0.15, 0.2) is 16.6 Å². The molecule has 0 atom stereocenters. The number of methoxy groups -OCH3 is 1. The van der Waals surface area contributed by atoms with Crippen molar-refractivity contribution in [2.45, 2.75) is 13.3 Å². The molecule has 0 unspecified atom stereocenters. The van der Waals surface area contributed by atoms with E-state index in [0.29, 0.717) is 22.1 Å². The summed E-state index contributed by atoms with van der Waals surface area (Å²) in [5.41, 5.74) is 1.59. The zero-order valence-corrected chi connectivity index (χ0v) is 10.0. The fraction of sp³-hybridized carbons (Fsp3) is 0.300. The first-order valence-electron chi connectivity index (χ1n) is 4.39. The Kier molecular flexibility index (Phi) is 3.81. The van der Waals surface area contributed by atoms with E-state index in [1.54, 1.807) is 6.07 Å². The van der Waals surface area contributed by atoms with E-state index in [-0.39, 0.29) is 0 Å². The number of esters is 1. The second-order valence-electron chi connectivity index (χ2n) is 2.91. The van der Waals surface area contributed by atoms with E-state index in [1.165, 1.54) is 13.2 Å². The lowest BCUT2D eigenvalue weighted by Gasteiger charge is -2.04. The molecule has 0 spiro atoms. The fourth-order valence-corrected chi connectivity index (χ4v) is 1.74. The van der Waals surface area contributed by atoms with Gasteiger partial charge in [0.05, 0.1) is 12.7 Å². The number of hydrogen-bond acceptors (Lipinski definition) is 3. The molecule has 4 nitrogen and oxygen atoms in total. The minimum absolute atomic E-state index is 0.313. The zero-order valence-electron chi connectivity index (χ0n) is 8.45. The maximum atomic E-state index is 11.4. The minimum atomic E-state index is -0.427. The summed E-state index contributed by atoms with van der Waals surface area (Å²) in [5, 5.41) is 8.70. The van der Waals surface area contributed by atoms with E-state index in [9.17, 15) is 4.79 Å². The van der Waals surface area contributed by atoms with Gasteiger partial charge in [-0.15, -0.1) is 0 Å². The molecule has 5 heteroatoms. The van der Waals surface area contributed by atoms with Gasteiger partial charge < -0.3 is 4.74 Å². The molecular weight excluding hydrogens is 260 g/mol. The van der Waals surface area contributed by atoms with E-state index in [4.69, 9.17) is 5.39 Å². The van der Waals surface area contributed by atoms with Crippen LogP contribution < -0.4 is 0 Å². The quantitative estimate of drug-likeness (QED) is 0.612. The standard InChI is InChI=1S/C10H10BrN2O2/c1-3-6-4-8(11)9(13-12)5-7(6)10(14)15-2/h4-5H,3H2,1-2H3/q+1. The lowest BCUT2D eigenvalue weighted by atomic mass is 10.0. The molecule has 78 valence electrons. The molecule has 1 aromatic rings. The van der Waals surface area contributed by atoms with Gasteiger partial charge in [0.1, 0.15) is 4.47 Å². The lowest BCUT2D eigenvalue weighted by Crippen LogP contribution is -2.05. The van der Waals surface area contributed by atoms with Gasteiger partial charge in [-0.3, -0.25) is 0 Å². The van der Waals surface area contributed by atoms with Crippen molar-refractivity contribution in [3.05, 3.63) is 32.7 Å². The Morgan fingerprint density at radius 1 is 1.60 bits per heavy atom. The van der Waals surface area contributed by atoms with Gasteiger partial charge >= 0.3 is 11.7 Å². The van der Waals surface area contributed by atoms with Crippen LogP contribution in [0.2, 0.25) is 0 Å². The topological polar surface area (TPSA) is 54.5 Å². The van der Waals surface area contributed by atoms with Gasteiger partial charge in [0.25, 0.3) is 0 Å². The van der Waals surface area contributed by atoms with E-state index >= 15 is 0 Å². The highest BCUT2D eigenvalue weighted by molar-refractivity contribution is 9.10.